The molecule has 1 rings (SSSR count). The van der Waals surface area contributed by atoms with Crippen LogP contribution in [0.1, 0.15) is 11.7 Å². The van der Waals surface area contributed by atoms with E-state index in [1.54, 1.807) is 30.3 Å². The molecule has 0 aromatic heterocycles. The first-order valence-electron chi connectivity index (χ1n) is 4.54. The molecule has 0 bridgehead atoms. The molecule has 0 saturated carbocycles. The highest BCUT2D eigenvalue weighted by molar-refractivity contribution is 5.82. The highest BCUT2D eigenvalue weighted by Crippen LogP contribution is 2.16. The van der Waals surface area contributed by atoms with Gasteiger partial charge in [0.05, 0.1) is 0 Å². The molecule has 2 amide bonds. The normalized spacial score (nSPS) is 13.8. The Kier molecular flexibility index (Phi) is 3.84. The van der Waals surface area contributed by atoms with Gasteiger partial charge in [0.15, 0.2) is 6.04 Å². The van der Waals surface area contributed by atoms with E-state index in [1.165, 1.54) is 0 Å². The van der Waals surface area contributed by atoms with Crippen LogP contribution in [0.4, 0.5) is 4.79 Å². The molecule has 0 spiro atoms. The number of hydrogen-bond donors (Lipinski definition) is 4. The van der Waals surface area contributed by atoms with Crippen LogP contribution in [0.3, 0.4) is 0 Å². The molecule has 0 radical (unpaired) electrons. The molecule has 6 nitrogen and oxygen atoms in total. The highest BCUT2D eigenvalue weighted by atomic mass is 16.4. The number of carboxylic acids is 1. The van der Waals surface area contributed by atoms with Crippen LogP contribution in [-0.2, 0) is 4.79 Å². The molecule has 0 fully saturated rings. The summed E-state index contributed by atoms with van der Waals surface area (Å²) in [6.07, 6.45) is -1.34. The van der Waals surface area contributed by atoms with E-state index in [0.717, 1.165) is 0 Å². The quantitative estimate of drug-likeness (QED) is 0.569. The predicted octanol–water partition coefficient (Wildman–Crippen LogP) is -0.158. The van der Waals surface area contributed by atoms with Gasteiger partial charge in [-0.05, 0) is 5.56 Å². The van der Waals surface area contributed by atoms with Gasteiger partial charge in [0.1, 0.15) is 6.10 Å². The third-order valence-corrected chi connectivity index (χ3v) is 2.02. The lowest BCUT2D eigenvalue weighted by Gasteiger charge is -2.19. The average molecular weight is 224 g/mol. The average Bonchev–Trinajstić information content (AvgIpc) is 2.25. The van der Waals surface area contributed by atoms with Crippen LogP contribution < -0.4 is 11.1 Å². The summed E-state index contributed by atoms with van der Waals surface area (Å²) in [6, 6.07) is 5.70. The number of urea groups is 1. The van der Waals surface area contributed by atoms with Crippen LogP contribution >= 0.6 is 0 Å². The molecule has 5 N–H and O–H groups in total. The number of rotatable bonds is 4. The Balaban J connectivity index is 2.87. The van der Waals surface area contributed by atoms with Crippen LogP contribution in [0.15, 0.2) is 30.3 Å². The summed E-state index contributed by atoms with van der Waals surface area (Å²) in [7, 11) is 0. The Hall–Kier alpha value is -2.08. The number of aliphatic hydroxyl groups is 1. The van der Waals surface area contributed by atoms with Crippen LogP contribution in [-0.4, -0.2) is 28.3 Å². The lowest BCUT2D eigenvalue weighted by atomic mass is 10.0. The third kappa shape index (κ3) is 2.96. The van der Waals surface area contributed by atoms with Crippen molar-refractivity contribution >= 4 is 12.0 Å². The van der Waals surface area contributed by atoms with Crippen molar-refractivity contribution in [2.75, 3.05) is 0 Å². The highest BCUT2D eigenvalue weighted by Gasteiger charge is 2.28. The first-order chi connectivity index (χ1) is 7.52. The van der Waals surface area contributed by atoms with Crippen molar-refractivity contribution in [3.8, 4) is 0 Å². The summed E-state index contributed by atoms with van der Waals surface area (Å²) in [4.78, 5) is 21.4. The summed E-state index contributed by atoms with van der Waals surface area (Å²) in [6.45, 7) is 0. The zero-order valence-corrected chi connectivity index (χ0v) is 8.33. The fourth-order valence-electron chi connectivity index (χ4n) is 1.27. The van der Waals surface area contributed by atoms with Gasteiger partial charge in [-0.3, -0.25) is 0 Å². The standard InChI is InChI=1S/C10H12N2O4/c11-10(16)12-7(9(14)15)8(13)6-4-2-1-3-5-6/h1-5,7-8,13H,(H,14,15)(H3,11,12,16)/t7-,8+/m1/s1. The molecule has 16 heavy (non-hydrogen) atoms. The number of nitrogens with one attached hydrogen (secondary N) is 1. The molecule has 0 unspecified atom stereocenters. The monoisotopic (exact) mass is 224 g/mol. The fraction of sp³-hybridized carbons (Fsp3) is 0.200. The number of carbonyl (C=O) groups excluding carboxylic acids is 1. The van der Waals surface area contributed by atoms with Crippen LogP contribution in [0, 0.1) is 0 Å². The molecule has 1 aromatic rings. The van der Waals surface area contributed by atoms with Gasteiger partial charge < -0.3 is 21.3 Å². The van der Waals surface area contributed by atoms with E-state index in [2.05, 4.69) is 0 Å². The van der Waals surface area contributed by atoms with Crippen molar-refractivity contribution < 1.29 is 19.8 Å². The SMILES string of the molecule is NC(=O)N[C@@H](C(=O)O)[C@@H](O)c1ccccc1. The van der Waals surface area contributed by atoms with E-state index in [4.69, 9.17) is 10.8 Å². The molecule has 6 heteroatoms. The summed E-state index contributed by atoms with van der Waals surface area (Å²) in [5.41, 5.74) is 5.21. The number of aliphatic carboxylic acids is 1. The Labute approximate surface area is 91.7 Å². The van der Waals surface area contributed by atoms with E-state index in [9.17, 15) is 14.7 Å². The van der Waals surface area contributed by atoms with Gasteiger partial charge in [-0.2, -0.15) is 0 Å². The molecule has 0 aliphatic carbocycles. The van der Waals surface area contributed by atoms with Gasteiger partial charge in [0.2, 0.25) is 0 Å². The lowest BCUT2D eigenvalue weighted by Crippen LogP contribution is -2.47. The minimum atomic E-state index is -1.46. The van der Waals surface area contributed by atoms with Crippen molar-refractivity contribution in [1.29, 1.82) is 0 Å². The second-order valence-electron chi connectivity index (χ2n) is 3.18. The maximum atomic E-state index is 10.8. The first-order valence-corrected chi connectivity index (χ1v) is 4.54. The van der Waals surface area contributed by atoms with Gasteiger partial charge in [0.25, 0.3) is 0 Å². The maximum absolute atomic E-state index is 10.8. The second-order valence-corrected chi connectivity index (χ2v) is 3.18. The number of hydrogen-bond acceptors (Lipinski definition) is 3. The zero-order valence-electron chi connectivity index (χ0n) is 8.33. The van der Waals surface area contributed by atoms with Crippen molar-refractivity contribution in [3.05, 3.63) is 35.9 Å². The first kappa shape index (κ1) is 12.0. The van der Waals surface area contributed by atoms with E-state index < -0.39 is 24.1 Å². The van der Waals surface area contributed by atoms with E-state index in [-0.39, 0.29) is 0 Å². The van der Waals surface area contributed by atoms with Crippen molar-refractivity contribution in [2.45, 2.75) is 12.1 Å². The van der Waals surface area contributed by atoms with Gasteiger partial charge in [-0.15, -0.1) is 0 Å². The molecular formula is C10H12N2O4. The van der Waals surface area contributed by atoms with E-state index in [1.807, 2.05) is 5.32 Å². The van der Waals surface area contributed by atoms with Gasteiger partial charge in [0, 0.05) is 0 Å². The summed E-state index contributed by atoms with van der Waals surface area (Å²) < 4.78 is 0. The summed E-state index contributed by atoms with van der Waals surface area (Å²) in [5.74, 6) is -1.35. The number of nitrogens with two attached hydrogens (primary N) is 1. The van der Waals surface area contributed by atoms with Crippen molar-refractivity contribution in [2.24, 2.45) is 5.73 Å². The Morgan fingerprint density at radius 3 is 2.25 bits per heavy atom. The Morgan fingerprint density at radius 2 is 1.81 bits per heavy atom. The second kappa shape index (κ2) is 5.13. The number of amides is 2. The third-order valence-electron chi connectivity index (χ3n) is 2.02. The maximum Gasteiger partial charge on any atom is 0.329 e. The fourth-order valence-corrected chi connectivity index (χ4v) is 1.27. The van der Waals surface area contributed by atoms with Crippen LogP contribution in [0.2, 0.25) is 0 Å². The number of carboxylic acid groups (broad SMARTS) is 1. The van der Waals surface area contributed by atoms with Crippen molar-refractivity contribution in [3.63, 3.8) is 0 Å². The van der Waals surface area contributed by atoms with E-state index >= 15 is 0 Å². The molecular weight excluding hydrogens is 212 g/mol. The number of primary amides is 1. The smallest absolute Gasteiger partial charge is 0.329 e. The minimum absolute atomic E-state index is 0.392. The summed E-state index contributed by atoms with van der Waals surface area (Å²) in [5, 5.41) is 20.5. The molecule has 0 aliphatic rings. The largest absolute Gasteiger partial charge is 0.480 e. The van der Waals surface area contributed by atoms with Crippen LogP contribution in [0.5, 0.6) is 0 Å². The summed E-state index contributed by atoms with van der Waals surface area (Å²) >= 11 is 0. The number of carbonyl (C=O) groups is 2. The Morgan fingerprint density at radius 1 is 1.25 bits per heavy atom. The van der Waals surface area contributed by atoms with Crippen molar-refractivity contribution in [1.82, 2.24) is 5.32 Å². The Bertz CT molecular complexity index is 380. The number of benzene rings is 1. The topological polar surface area (TPSA) is 113 Å². The molecule has 2 atom stereocenters. The molecule has 0 aliphatic heterocycles. The minimum Gasteiger partial charge on any atom is -0.480 e. The van der Waals surface area contributed by atoms with E-state index in [0.29, 0.717) is 5.56 Å². The predicted molar refractivity (Wildman–Crippen MR) is 55.5 cm³/mol. The molecule has 0 heterocycles. The molecule has 1 aromatic carbocycles. The van der Waals surface area contributed by atoms with Gasteiger partial charge >= 0.3 is 12.0 Å². The molecule has 0 saturated heterocycles. The van der Waals surface area contributed by atoms with Gasteiger partial charge in [-0.25, -0.2) is 9.59 Å². The lowest BCUT2D eigenvalue weighted by molar-refractivity contribution is -0.142. The number of aliphatic hydroxyl groups excluding tert-OH is 1. The van der Waals surface area contributed by atoms with Crippen LogP contribution in [0.25, 0.3) is 0 Å². The molecule has 86 valence electrons. The zero-order chi connectivity index (χ0) is 12.1. The van der Waals surface area contributed by atoms with Gasteiger partial charge in [-0.1, -0.05) is 30.3 Å².